The second kappa shape index (κ2) is 7.46. The van der Waals surface area contributed by atoms with Crippen molar-refractivity contribution in [1.29, 1.82) is 0 Å². The molecule has 1 aliphatic rings. The molecular formula is C22H25N3O3. The lowest BCUT2D eigenvalue weighted by atomic mass is 10.2. The lowest BCUT2D eigenvalue weighted by Crippen LogP contribution is -2.49. The van der Waals surface area contributed by atoms with E-state index < -0.39 is 0 Å². The van der Waals surface area contributed by atoms with Crippen LogP contribution in [0.15, 0.2) is 48.5 Å². The molecule has 6 nitrogen and oxygen atoms in total. The van der Waals surface area contributed by atoms with Crippen molar-refractivity contribution in [1.82, 2.24) is 9.47 Å². The van der Waals surface area contributed by atoms with Crippen LogP contribution in [0.25, 0.3) is 10.9 Å². The van der Waals surface area contributed by atoms with Gasteiger partial charge in [-0.2, -0.15) is 0 Å². The van der Waals surface area contributed by atoms with Gasteiger partial charge in [-0.25, -0.2) is 0 Å². The Morgan fingerprint density at radius 3 is 2.18 bits per heavy atom. The predicted octanol–water partition coefficient (Wildman–Crippen LogP) is 3.16. The zero-order valence-corrected chi connectivity index (χ0v) is 16.5. The second-order valence-electron chi connectivity index (χ2n) is 6.94. The summed E-state index contributed by atoms with van der Waals surface area (Å²) in [6.07, 6.45) is 0. The smallest absolute Gasteiger partial charge is 0.270 e. The molecule has 1 aromatic heterocycles. The molecule has 4 rings (SSSR count). The average Bonchev–Trinajstić information content (AvgIpc) is 3.11. The van der Waals surface area contributed by atoms with Crippen molar-refractivity contribution in [2.24, 2.45) is 7.05 Å². The van der Waals surface area contributed by atoms with Gasteiger partial charge in [0.2, 0.25) is 0 Å². The summed E-state index contributed by atoms with van der Waals surface area (Å²) in [5, 5.41) is 0.885. The maximum absolute atomic E-state index is 13.2. The molecule has 0 aliphatic carbocycles. The summed E-state index contributed by atoms with van der Waals surface area (Å²) in [6, 6.07) is 16.0. The molecule has 1 saturated heterocycles. The van der Waals surface area contributed by atoms with Gasteiger partial charge < -0.3 is 23.8 Å². The highest BCUT2D eigenvalue weighted by Gasteiger charge is 2.26. The normalized spacial score (nSPS) is 14.4. The van der Waals surface area contributed by atoms with Crippen LogP contribution in [0.4, 0.5) is 5.69 Å². The monoisotopic (exact) mass is 379 g/mol. The number of carbonyl (C=O) groups is 1. The third kappa shape index (κ3) is 3.05. The minimum absolute atomic E-state index is 0.0375. The van der Waals surface area contributed by atoms with Crippen molar-refractivity contribution < 1.29 is 14.3 Å². The summed E-state index contributed by atoms with van der Waals surface area (Å²) in [4.78, 5) is 17.5. The Bertz CT molecular complexity index is 989. The molecule has 2 aromatic carbocycles. The first-order chi connectivity index (χ1) is 13.6. The van der Waals surface area contributed by atoms with Gasteiger partial charge in [0.1, 0.15) is 17.2 Å². The highest BCUT2D eigenvalue weighted by molar-refractivity contribution is 6.02. The number of rotatable bonds is 4. The standard InChI is InChI=1S/C22H25N3O3/c1-23-18(15-17-19(27-2)9-10-20(28-3)21(17)23)22(26)25-13-11-24(12-14-25)16-7-5-4-6-8-16/h4-10,15H,11-14H2,1-3H3. The minimum Gasteiger partial charge on any atom is -0.496 e. The van der Waals surface area contributed by atoms with Crippen molar-refractivity contribution in [3.63, 3.8) is 0 Å². The molecule has 2 heterocycles. The van der Waals surface area contributed by atoms with Crippen LogP contribution in [0.2, 0.25) is 0 Å². The van der Waals surface area contributed by atoms with E-state index in [1.54, 1.807) is 14.2 Å². The number of anilines is 1. The molecule has 0 unspecified atom stereocenters. The quantitative estimate of drug-likeness (QED) is 0.699. The highest BCUT2D eigenvalue weighted by atomic mass is 16.5. The molecule has 0 atom stereocenters. The van der Waals surface area contributed by atoms with E-state index in [4.69, 9.17) is 9.47 Å². The fourth-order valence-electron chi connectivity index (χ4n) is 3.93. The van der Waals surface area contributed by atoms with Crippen LogP contribution in [0, 0.1) is 0 Å². The number of fused-ring (bicyclic) bond motifs is 1. The van der Waals surface area contributed by atoms with E-state index in [2.05, 4.69) is 17.0 Å². The molecule has 146 valence electrons. The Hall–Kier alpha value is -3.15. The third-order valence-electron chi connectivity index (χ3n) is 5.47. The van der Waals surface area contributed by atoms with Gasteiger partial charge in [-0.15, -0.1) is 0 Å². The molecule has 6 heteroatoms. The molecule has 1 amide bonds. The van der Waals surface area contributed by atoms with Crippen molar-refractivity contribution in [3.05, 3.63) is 54.2 Å². The number of hydrogen-bond acceptors (Lipinski definition) is 4. The fourth-order valence-corrected chi connectivity index (χ4v) is 3.93. The van der Waals surface area contributed by atoms with E-state index in [-0.39, 0.29) is 5.91 Å². The molecule has 0 bridgehead atoms. The predicted molar refractivity (Wildman–Crippen MR) is 111 cm³/mol. The number of carbonyl (C=O) groups excluding carboxylic acids is 1. The first-order valence-electron chi connectivity index (χ1n) is 9.43. The van der Waals surface area contributed by atoms with Crippen molar-refractivity contribution in [2.45, 2.75) is 0 Å². The van der Waals surface area contributed by atoms with Gasteiger partial charge in [0.15, 0.2) is 0 Å². The maximum atomic E-state index is 13.2. The van der Waals surface area contributed by atoms with Gasteiger partial charge in [-0.1, -0.05) is 18.2 Å². The van der Waals surface area contributed by atoms with Crippen LogP contribution in [0.1, 0.15) is 10.5 Å². The number of ether oxygens (including phenoxy) is 2. The van der Waals surface area contributed by atoms with Gasteiger partial charge in [-0.05, 0) is 30.3 Å². The van der Waals surface area contributed by atoms with Crippen LogP contribution in [0.3, 0.4) is 0 Å². The summed E-state index contributed by atoms with van der Waals surface area (Å²) in [5.74, 6) is 1.50. The van der Waals surface area contributed by atoms with Gasteiger partial charge >= 0.3 is 0 Å². The van der Waals surface area contributed by atoms with E-state index in [0.717, 1.165) is 35.5 Å². The molecule has 3 aromatic rings. The molecular weight excluding hydrogens is 354 g/mol. The average molecular weight is 379 g/mol. The van der Waals surface area contributed by atoms with Crippen LogP contribution in [0.5, 0.6) is 11.5 Å². The number of nitrogens with zero attached hydrogens (tertiary/aromatic N) is 3. The summed E-state index contributed by atoms with van der Waals surface area (Å²) >= 11 is 0. The molecule has 0 saturated carbocycles. The Labute approximate surface area is 164 Å². The zero-order valence-electron chi connectivity index (χ0n) is 16.5. The number of para-hydroxylation sites is 1. The lowest BCUT2D eigenvalue weighted by Gasteiger charge is -2.36. The third-order valence-corrected chi connectivity index (χ3v) is 5.47. The first-order valence-corrected chi connectivity index (χ1v) is 9.43. The molecule has 1 fully saturated rings. The summed E-state index contributed by atoms with van der Waals surface area (Å²) < 4.78 is 12.9. The van der Waals surface area contributed by atoms with Crippen LogP contribution in [-0.4, -0.2) is 55.8 Å². The zero-order chi connectivity index (χ0) is 19.7. The highest BCUT2D eigenvalue weighted by Crippen LogP contribution is 2.35. The number of piperazine rings is 1. The Morgan fingerprint density at radius 1 is 0.893 bits per heavy atom. The van der Waals surface area contributed by atoms with Crippen molar-refractivity contribution in [2.75, 3.05) is 45.3 Å². The number of aryl methyl sites for hydroxylation is 1. The summed E-state index contributed by atoms with van der Waals surface area (Å²) in [6.45, 7) is 3.05. The van der Waals surface area contributed by atoms with E-state index >= 15 is 0 Å². The molecule has 0 N–H and O–H groups in total. The van der Waals surface area contributed by atoms with Crippen LogP contribution < -0.4 is 14.4 Å². The fraction of sp³-hybridized carbons (Fsp3) is 0.318. The topological polar surface area (TPSA) is 46.9 Å². The van der Waals surface area contributed by atoms with Gasteiger partial charge in [-0.3, -0.25) is 4.79 Å². The van der Waals surface area contributed by atoms with E-state index in [0.29, 0.717) is 18.8 Å². The second-order valence-corrected chi connectivity index (χ2v) is 6.94. The molecule has 28 heavy (non-hydrogen) atoms. The number of aromatic nitrogens is 1. The lowest BCUT2D eigenvalue weighted by molar-refractivity contribution is 0.0737. The summed E-state index contributed by atoms with van der Waals surface area (Å²) in [7, 11) is 5.18. The number of methoxy groups -OCH3 is 2. The van der Waals surface area contributed by atoms with Crippen molar-refractivity contribution in [3.8, 4) is 11.5 Å². The van der Waals surface area contributed by atoms with Crippen LogP contribution in [-0.2, 0) is 7.05 Å². The summed E-state index contributed by atoms with van der Waals surface area (Å²) in [5.41, 5.74) is 2.72. The van der Waals surface area contributed by atoms with E-state index in [9.17, 15) is 4.79 Å². The Morgan fingerprint density at radius 2 is 1.54 bits per heavy atom. The van der Waals surface area contributed by atoms with Gasteiger partial charge in [0, 0.05) is 44.3 Å². The molecule has 1 aliphatic heterocycles. The number of hydrogen-bond donors (Lipinski definition) is 0. The van der Waals surface area contributed by atoms with Gasteiger partial charge in [0.25, 0.3) is 5.91 Å². The van der Waals surface area contributed by atoms with Crippen molar-refractivity contribution >= 4 is 22.5 Å². The number of benzene rings is 2. The Balaban J connectivity index is 1.59. The number of amides is 1. The molecule has 0 radical (unpaired) electrons. The van der Waals surface area contributed by atoms with Crippen LogP contribution >= 0.6 is 0 Å². The largest absolute Gasteiger partial charge is 0.496 e. The Kier molecular flexibility index (Phi) is 4.86. The van der Waals surface area contributed by atoms with Gasteiger partial charge in [0.05, 0.1) is 19.7 Å². The van der Waals surface area contributed by atoms with E-state index in [1.165, 1.54) is 5.69 Å². The minimum atomic E-state index is 0.0375. The SMILES string of the molecule is COc1ccc(OC)c2c1cc(C(=O)N1CCN(c3ccccc3)CC1)n2C. The molecule has 0 spiro atoms. The maximum Gasteiger partial charge on any atom is 0.270 e. The first kappa shape index (κ1) is 18.2. The van der Waals surface area contributed by atoms with E-state index in [1.807, 2.05) is 52.9 Å².